The Morgan fingerprint density at radius 3 is 2.34 bits per heavy atom. The van der Waals surface area contributed by atoms with Gasteiger partial charge in [0, 0.05) is 37.0 Å². The largest absolute Gasteiger partial charge is 0.493 e. The molecule has 0 aromatic heterocycles. The summed E-state index contributed by atoms with van der Waals surface area (Å²) in [5, 5.41) is 8.47. The van der Waals surface area contributed by atoms with Crippen LogP contribution < -0.4 is 15.4 Å². The Hall–Kier alpha value is -2.76. The summed E-state index contributed by atoms with van der Waals surface area (Å²) in [6.07, 6.45) is 8.69. The van der Waals surface area contributed by atoms with Crippen LogP contribution in [0, 0.1) is 0 Å². The molecule has 0 radical (unpaired) electrons. The van der Waals surface area contributed by atoms with Gasteiger partial charge in [-0.2, -0.15) is 0 Å². The molecule has 2 aliphatic rings. The van der Waals surface area contributed by atoms with Gasteiger partial charge in [-0.15, -0.1) is 0 Å². The van der Waals surface area contributed by atoms with Crippen molar-refractivity contribution in [1.29, 1.82) is 0 Å². The van der Waals surface area contributed by atoms with Crippen LogP contribution in [0.1, 0.15) is 57.8 Å². The number of fused-ring (bicyclic) bond motifs is 1. The van der Waals surface area contributed by atoms with E-state index in [1.165, 1.54) is 19.3 Å². The zero-order valence-corrected chi connectivity index (χ0v) is 18.9. The fourth-order valence-electron chi connectivity index (χ4n) is 4.82. The summed E-state index contributed by atoms with van der Waals surface area (Å²) in [5.74, 6) is 1.05. The Morgan fingerprint density at radius 2 is 1.56 bits per heavy atom. The smallest absolute Gasteiger partial charge is 0.315 e. The highest BCUT2D eigenvalue weighted by Gasteiger charge is 2.24. The van der Waals surface area contributed by atoms with Gasteiger partial charge in [-0.3, -0.25) is 4.79 Å². The maximum atomic E-state index is 12.6. The Morgan fingerprint density at radius 1 is 0.875 bits per heavy atom. The van der Waals surface area contributed by atoms with Crippen LogP contribution in [-0.4, -0.2) is 48.6 Å². The predicted octanol–water partition coefficient (Wildman–Crippen LogP) is 4.62. The molecule has 32 heavy (non-hydrogen) atoms. The molecule has 2 aromatic carbocycles. The first-order valence-corrected chi connectivity index (χ1v) is 12.1. The van der Waals surface area contributed by atoms with Crippen molar-refractivity contribution < 1.29 is 14.3 Å². The van der Waals surface area contributed by atoms with E-state index in [9.17, 15) is 9.59 Å². The summed E-state index contributed by atoms with van der Waals surface area (Å²) in [5.41, 5.74) is 0. The SMILES string of the molecule is O=C(NC1CCCCC1)NC1CCN(C(=O)CCCOc2cccc3ccccc23)CC1. The summed E-state index contributed by atoms with van der Waals surface area (Å²) in [4.78, 5) is 26.8. The van der Waals surface area contributed by atoms with Gasteiger partial charge in [0.2, 0.25) is 5.91 Å². The number of urea groups is 1. The lowest BCUT2D eigenvalue weighted by Crippen LogP contribution is -2.51. The molecule has 1 saturated carbocycles. The second-order valence-corrected chi connectivity index (χ2v) is 9.04. The Kier molecular flexibility index (Phi) is 7.86. The molecule has 0 bridgehead atoms. The molecule has 1 aliphatic carbocycles. The minimum absolute atomic E-state index is 0.0488. The molecule has 2 N–H and O–H groups in total. The minimum atomic E-state index is -0.0488. The monoisotopic (exact) mass is 437 g/mol. The number of likely N-dealkylation sites (tertiary alicyclic amines) is 1. The Balaban J connectivity index is 1.13. The first-order valence-electron chi connectivity index (χ1n) is 12.1. The average Bonchev–Trinajstić information content (AvgIpc) is 2.83. The van der Waals surface area contributed by atoms with E-state index in [0.717, 1.165) is 42.2 Å². The minimum Gasteiger partial charge on any atom is -0.493 e. The van der Waals surface area contributed by atoms with Gasteiger partial charge in [-0.05, 0) is 43.6 Å². The molecule has 0 atom stereocenters. The number of ether oxygens (including phenoxy) is 1. The van der Waals surface area contributed by atoms with Crippen LogP contribution in [0.5, 0.6) is 5.75 Å². The first kappa shape index (κ1) is 22.4. The van der Waals surface area contributed by atoms with E-state index in [1.54, 1.807) is 0 Å². The molecular formula is C26H35N3O3. The fraction of sp³-hybridized carbons (Fsp3) is 0.538. The molecule has 1 heterocycles. The third kappa shape index (κ3) is 6.15. The Bertz CT molecular complexity index is 897. The molecule has 3 amide bonds. The van der Waals surface area contributed by atoms with Gasteiger partial charge in [-0.1, -0.05) is 55.7 Å². The normalized spacial score (nSPS) is 17.8. The highest BCUT2D eigenvalue weighted by molar-refractivity contribution is 5.88. The van der Waals surface area contributed by atoms with Crippen LogP contribution in [0.25, 0.3) is 10.8 Å². The molecule has 4 rings (SSSR count). The molecule has 0 unspecified atom stereocenters. The maximum Gasteiger partial charge on any atom is 0.315 e. The summed E-state index contributed by atoms with van der Waals surface area (Å²) >= 11 is 0. The van der Waals surface area contributed by atoms with Crippen LogP contribution in [-0.2, 0) is 4.79 Å². The predicted molar refractivity (Wildman–Crippen MR) is 127 cm³/mol. The quantitative estimate of drug-likeness (QED) is 0.621. The van der Waals surface area contributed by atoms with Crippen LogP contribution in [0.15, 0.2) is 42.5 Å². The van der Waals surface area contributed by atoms with Gasteiger partial charge >= 0.3 is 6.03 Å². The molecule has 1 aliphatic heterocycles. The van der Waals surface area contributed by atoms with Crippen LogP contribution in [0.4, 0.5) is 4.79 Å². The molecule has 172 valence electrons. The molecule has 6 heteroatoms. The topological polar surface area (TPSA) is 70.7 Å². The molecular weight excluding hydrogens is 402 g/mol. The van der Waals surface area contributed by atoms with Gasteiger partial charge in [-0.25, -0.2) is 4.79 Å². The van der Waals surface area contributed by atoms with Crippen molar-refractivity contribution >= 4 is 22.7 Å². The number of nitrogens with zero attached hydrogens (tertiary/aromatic N) is 1. The number of carbonyl (C=O) groups excluding carboxylic acids is 2. The Labute approximate surface area is 190 Å². The van der Waals surface area contributed by atoms with Crippen LogP contribution >= 0.6 is 0 Å². The van der Waals surface area contributed by atoms with Gasteiger partial charge in [0.05, 0.1) is 6.61 Å². The molecule has 2 aromatic rings. The number of benzene rings is 2. The van der Waals surface area contributed by atoms with Crippen LogP contribution in [0.2, 0.25) is 0 Å². The summed E-state index contributed by atoms with van der Waals surface area (Å²) in [7, 11) is 0. The summed E-state index contributed by atoms with van der Waals surface area (Å²) in [6.45, 7) is 1.94. The van der Waals surface area contributed by atoms with Crippen molar-refractivity contribution in [3.05, 3.63) is 42.5 Å². The third-order valence-corrected chi connectivity index (χ3v) is 6.67. The lowest BCUT2D eigenvalue weighted by atomic mass is 9.96. The van der Waals surface area contributed by atoms with Crippen molar-refractivity contribution in [2.75, 3.05) is 19.7 Å². The van der Waals surface area contributed by atoms with Crippen molar-refractivity contribution in [2.24, 2.45) is 0 Å². The van der Waals surface area contributed by atoms with E-state index in [2.05, 4.69) is 28.8 Å². The number of piperidine rings is 1. The number of carbonyl (C=O) groups is 2. The molecule has 2 fully saturated rings. The second-order valence-electron chi connectivity index (χ2n) is 9.04. The van der Waals surface area contributed by atoms with Crippen molar-refractivity contribution in [1.82, 2.24) is 15.5 Å². The van der Waals surface area contributed by atoms with Gasteiger partial charge < -0.3 is 20.3 Å². The van der Waals surface area contributed by atoms with Crippen molar-refractivity contribution in [3.8, 4) is 5.75 Å². The van der Waals surface area contributed by atoms with Gasteiger partial charge in [0.15, 0.2) is 0 Å². The summed E-state index contributed by atoms with van der Waals surface area (Å²) < 4.78 is 5.95. The zero-order chi connectivity index (χ0) is 22.2. The zero-order valence-electron chi connectivity index (χ0n) is 18.9. The molecule has 6 nitrogen and oxygen atoms in total. The standard InChI is InChI=1S/C26H35N3O3/c30-25(14-7-19-32-24-13-6-9-20-8-4-5-12-23(20)24)29-17-15-22(16-18-29)28-26(31)27-21-10-2-1-3-11-21/h4-6,8-9,12-13,21-22H,1-3,7,10-11,14-19H2,(H2,27,28,31). The van der Waals surface area contributed by atoms with Crippen molar-refractivity contribution in [2.45, 2.75) is 69.9 Å². The van der Waals surface area contributed by atoms with E-state index >= 15 is 0 Å². The lowest BCUT2D eigenvalue weighted by molar-refractivity contribution is -0.132. The average molecular weight is 438 g/mol. The lowest BCUT2D eigenvalue weighted by Gasteiger charge is -2.33. The van der Waals surface area contributed by atoms with Gasteiger partial charge in [0.1, 0.15) is 5.75 Å². The number of hydrogen-bond acceptors (Lipinski definition) is 3. The summed E-state index contributed by atoms with van der Waals surface area (Å²) in [6, 6.07) is 14.6. The van der Waals surface area contributed by atoms with Crippen molar-refractivity contribution in [3.63, 3.8) is 0 Å². The number of hydrogen-bond donors (Lipinski definition) is 2. The first-order chi connectivity index (χ1) is 15.7. The maximum absolute atomic E-state index is 12.6. The van der Waals surface area contributed by atoms with E-state index in [4.69, 9.17) is 4.74 Å². The van der Waals surface area contributed by atoms with E-state index < -0.39 is 0 Å². The third-order valence-electron chi connectivity index (χ3n) is 6.67. The van der Waals surface area contributed by atoms with Gasteiger partial charge in [0.25, 0.3) is 0 Å². The number of nitrogens with one attached hydrogen (secondary N) is 2. The van der Waals surface area contributed by atoms with E-state index in [0.29, 0.717) is 38.6 Å². The van der Waals surface area contributed by atoms with Crippen LogP contribution in [0.3, 0.4) is 0 Å². The van der Waals surface area contributed by atoms with E-state index in [-0.39, 0.29) is 18.0 Å². The van der Waals surface area contributed by atoms with E-state index in [1.807, 2.05) is 29.2 Å². The highest BCUT2D eigenvalue weighted by Crippen LogP contribution is 2.25. The highest BCUT2D eigenvalue weighted by atomic mass is 16.5. The number of amides is 3. The fourth-order valence-corrected chi connectivity index (χ4v) is 4.82. The number of rotatable bonds is 7. The second kappa shape index (κ2) is 11.2. The molecule has 0 spiro atoms. The molecule has 1 saturated heterocycles.